The minimum absolute atomic E-state index is 0.00572. The molecule has 0 aromatic rings. The minimum atomic E-state index is -1.54. The summed E-state index contributed by atoms with van der Waals surface area (Å²) in [5.74, 6) is -4.05. The molecule has 0 aliphatic carbocycles. The molecule has 6 atom stereocenters. The van der Waals surface area contributed by atoms with Crippen molar-refractivity contribution in [1.82, 2.24) is 16.0 Å². The first-order valence-electron chi connectivity index (χ1n) is 13.3. The zero-order valence-corrected chi connectivity index (χ0v) is 25.0. The Hall–Kier alpha value is -3.96. The van der Waals surface area contributed by atoms with Gasteiger partial charge in [-0.2, -0.15) is 0 Å². The minimum Gasteiger partial charge on any atom is -0.478 e. The van der Waals surface area contributed by atoms with Crippen LogP contribution in [0.3, 0.4) is 0 Å². The van der Waals surface area contributed by atoms with E-state index in [0.717, 1.165) is 13.0 Å². The number of amides is 3. The van der Waals surface area contributed by atoms with Gasteiger partial charge in [0.2, 0.25) is 24.4 Å². The highest BCUT2D eigenvalue weighted by Crippen LogP contribution is 2.29. The van der Waals surface area contributed by atoms with Gasteiger partial charge >= 0.3 is 24.1 Å². The van der Waals surface area contributed by atoms with Crippen LogP contribution < -0.4 is 16.0 Å². The average molecular weight is 617 g/mol. The number of hydrogen-bond donors (Lipinski definition) is 6. The Balaban J connectivity index is 2.46. The number of rotatable bonds is 6. The van der Waals surface area contributed by atoms with Gasteiger partial charge in [-0.15, -0.1) is 0 Å². The number of guanidine groups is 1. The van der Waals surface area contributed by atoms with Crippen LogP contribution in [-0.2, 0) is 38.1 Å². The van der Waals surface area contributed by atoms with Gasteiger partial charge < -0.3 is 44.3 Å². The van der Waals surface area contributed by atoms with Crippen molar-refractivity contribution in [1.29, 1.82) is 0 Å². The number of alkyl carbamates (subject to hydrolysis) is 2. The second-order valence-electron chi connectivity index (χ2n) is 11.8. The van der Waals surface area contributed by atoms with Crippen molar-refractivity contribution in [3.8, 4) is 0 Å². The van der Waals surface area contributed by atoms with E-state index in [1.807, 2.05) is 0 Å². The first-order valence-corrected chi connectivity index (χ1v) is 13.3. The third-order valence-corrected chi connectivity index (χ3v) is 5.78. The SMILES string of the molecule is CC(=O)N[C@H]1[C@H]([C@@H]2OCC[C@@H](O)[C@H]2O)OC(C(=O)O)=C[C@@H]1N=C(NC(=O)OCOC(=O)C(C)(C)C)NC(=O)OC(C)(C)C. The summed E-state index contributed by atoms with van der Waals surface area (Å²) in [6.07, 6.45) is -6.65. The number of nitrogens with zero attached hydrogens (tertiary/aromatic N) is 1. The van der Waals surface area contributed by atoms with Gasteiger partial charge in [0.25, 0.3) is 0 Å². The lowest BCUT2D eigenvalue weighted by Gasteiger charge is -2.43. The Morgan fingerprint density at radius 2 is 1.63 bits per heavy atom. The number of carbonyl (C=O) groups excluding carboxylic acids is 4. The fourth-order valence-corrected chi connectivity index (χ4v) is 3.86. The van der Waals surface area contributed by atoms with Gasteiger partial charge in [0.15, 0.2) is 6.10 Å². The number of carboxylic acids is 1. The van der Waals surface area contributed by atoms with Gasteiger partial charge in [-0.3, -0.25) is 20.2 Å². The highest BCUT2D eigenvalue weighted by molar-refractivity contribution is 6.01. The van der Waals surface area contributed by atoms with E-state index in [1.165, 1.54) is 0 Å². The van der Waals surface area contributed by atoms with Crippen molar-refractivity contribution in [2.24, 2.45) is 10.4 Å². The number of aliphatic imine (C=N–C) groups is 1. The Kier molecular flexibility index (Phi) is 11.9. The van der Waals surface area contributed by atoms with Gasteiger partial charge in [-0.1, -0.05) is 0 Å². The van der Waals surface area contributed by atoms with Crippen molar-refractivity contribution in [2.45, 2.75) is 97.0 Å². The lowest BCUT2D eigenvalue weighted by atomic mass is 9.88. The van der Waals surface area contributed by atoms with Crippen molar-refractivity contribution in [3.05, 3.63) is 11.8 Å². The fourth-order valence-electron chi connectivity index (χ4n) is 3.86. The summed E-state index contributed by atoms with van der Waals surface area (Å²) in [6.45, 7) is 9.89. The van der Waals surface area contributed by atoms with Crippen LogP contribution >= 0.6 is 0 Å². The molecule has 6 N–H and O–H groups in total. The van der Waals surface area contributed by atoms with Crippen LogP contribution in [-0.4, -0.2) is 107 Å². The number of hydrogen-bond acceptors (Lipinski definition) is 13. The Labute approximate surface area is 247 Å². The lowest BCUT2D eigenvalue weighted by Crippen LogP contribution is -2.62. The lowest BCUT2D eigenvalue weighted by molar-refractivity contribution is -0.185. The van der Waals surface area contributed by atoms with Crippen molar-refractivity contribution in [2.75, 3.05) is 13.4 Å². The second kappa shape index (κ2) is 14.5. The molecule has 43 heavy (non-hydrogen) atoms. The summed E-state index contributed by atoms with van der Waals surface area (Å²) in [4.78, 5) is 65.4. The molecule has 0 unspecified atom stereocenters. The van der Waals surface area contributed by atoms with Crippen molar-refractivity contribution >= 4 is 36.0 Å². The van der Waals surface area contributed by atoms with Gasteiger partial charge in [-0.25, -0.2) is 19.4 Å². The smallest absolute Gasteiger partial charge is 0.416 e. The molecule has 0 aromatic carbocycles. The highest BCUT2D eigenvalue weighted by Gasteiger charge is 2.48. The molecule has 0 saturated carbocycles. The van der Waals surface area contributed by atoms with Gasteiger partial charge in [0, 0.05) is 13.5 Å². The third-order valence-electron chi connectivity index (χ3n) is 5.78. The largest absolute Gasteiger partial charge is 0.478 e. The molecule has 0 radical (unpaired) electrons. The van der Waals surface area contributed by atoms with Crippen molar-refractivity contribution in [3.63, 3.8) is 0 Å². The number of carbonyl (C=O) groups is 5. The van der Waals surface area contributed by atoms with Crippen LogP contribution in [0.1, 0.15) is 54.9 Å². The van der Waals surface area contributed by atoms with Crippen LogP contribution in [0.5, 0.6) is 0 Å². The number of ether oxygens (including phenoxy) is 5. The molecule has 0 spiro atoms. The molecule has 0 bridgehead atoms. The maximum atomic E-state index is 12.6. The summed E-state index contributed by atoms with van der Waals surface area (Å²) in [5.41, 5.74) is -1.84. The highest BCUT2D eigenvalue weighted by atomic mass is 16.7. The van der Waals surface area contributed by atoms with E-state index in [4.69, 9.17) is 23.7 Å². The molecule has 2 aliphatic rings. The standard InChI is InChI=1S/C26H40N4O13/c1-12(31)27-16-13(10-15(20(34)35)42-18(16)19-17(33)14(32)8-9-39-19)28-22(30-24(38)43-26(5,6)7)29-23(37)41-11-40-21(36)25(2,3)4/h10,13-14,16-19,32-33H,8-9,11H2,1-7H3,(H,27,31)(H,34,35)(H2,28,29,30,37,38)/t13-,14+,16+,17+,18+,19+/m0/s1. The van der Waals surface area contributed by atoms with Crippen LogP contribution in [0.25, 0.3) is 0 Å². The van der Waals surface area contributed by atoms with E-state index >= 15 is 0 Å². The topological polar surface area (TPSA) is 241 Å². The molecule has 1 saturated heterocycles. The molecule has 2 rings (SSSR count). The molecule has 3 amide bonds. The number of nitrogens with one attached hydrogen (secondary N) is 3. The third kappa shape index (κ3) is 11.0. The summed E-state index contributed by atoms with van der Waals surface area (Å²) in [6, 6.07) is -2.61. The molecular weight excluding hydrogens is 576 g/mol. The number of esters is 1. The van der Waals surface area contributed by atoms with E-state index < -0.39 is 96.1 Å². The summed E-state index contributed by atoms with van der Waals surface area (Å²) >= 11 is 0. The first kappa shape index (κ1) is 35.2. The maximum Gasteiger partial charge on any atom is 0.416 e. The number of carboxylic acid groups (broad SMARTS) is 1. The van der Waals surface area contributed by atoms with Gasteiger partial charge in [0.05, 0.1) is 23.6 Å². The summed E-state index contributed by atoms with van der Waals surface area (Å²) < 4.78 is 26.1. The summed E-state index contributed by atoms with van der Waals surface area (Å²) in [5, 5.41) is 37.4. The normalized spacial score (nSPS) is 26.2. The fraction of sp³-hybridized carbons (Fsp3) is 0.692. The molecule has 2 aliphatic heterocycles. The zero-order chi connectivity index (χ0) is 32.7. The monoisotopic (exact) mass is 616 g/mol. The average Bonchev–Trinajstić information content (AvgIpc) is 2.84. The molecule has 1 fully saturated rings. The number of aliphatic hydroxyl groups excluding tert-OH is 2. The van der Waals surface area contributed by atoms with E-state index in [2.05, 4.69) is 20.9 Å². The summed E-state index contributed by atoms with van der Waals surface area (Å²) in [7, 11) is 0. The Bertz CT molecular complexity index is 1130. The van der Waals surface area contributed by atoms with Crippen LogP contribution in [0.2, 0.25) is 0 Å². The van der Waals surface area contributed by atoms with E-state index in [0.29, 0.717) is 0 Å². The Morgan fingerprint density at radius 3 is 2.19 bits per heavy atom. The van der Waals surface area contributed by atoms with E-state index in [-0.39, 0.29) is 13.0 Å². The van der Waals surface area contributed by atoms with E-state index in [9.17, 15) is 39.3 Å². The second-order valence-corrected chi connectivity index (χ2v) is 11.8. The Morgan fingerprint density at radius 1 is 1.00 bits per heavy atom. The van der Waals surface area contributed by atoms with Crippen LogP contribution in [0.4, 0.5) is 9.59 Å². The van der Waals surface area contributed by atoms with E-state index in [1.54, 1.807) is 41.5 Å². The predicted molar refractivity (Wildman–Crippen MR) is 145 cm³/mol. The zero-order valence-electron chi connectivity index (χ0n) is 25.0. The first-order chi connectivity index (χ1) is 19.8. The predicted octanol–water partition coefficient (Wildman–Crippen LogP) is -0.109. The quantitative estimate of drug-likeness (QED) is 0.0989. The number of aliphatic carboxylic acids is 1. The van der Waals surface area contributed by atoms with Gasteiger partial charge in [-0.05, 0) is 54.0 Å². The van der Waals surface area contributed by atoms with Gasteiger partial charge in [0.1, 0.15) is 17.8 Å². The van der Waals surface area contributed by atoms with Crippen LogP contribution in [0, 0.1) is 5.41 Å². The molecule has 0 aromatic heterocycles. The molecule has 17 nitrogen and oxygen atoms in total. The molecule has 242 valence electrons. The maximum absolute atomic E-state index is 12.6. The van der Waals surface area contributed by atoms with Crippen molar-refractivity contribution < 1.29 is 63.0 Å². The van der Waals surface area contributed by atoms with Crippen LogP contribution in [0.15, 0.2) is 16.8 Å². The number of aliphatic hydroxyl groups is 2. The molecule has 2 heterocycles. The molecular formula is C26H40N4O13. The molecule has 17 heteroatoms.